The minimum atomic E-state index is 0.673. The van der Waals surface area contributed by atoms with Gasteiger partial charge in [0.1, 0.15) is 11.6 Å². The molecule has 0 aliphatic rings. The highest BCUT2D eigenvalue weighted by molar-refractivity contribution is 5.91. The largest absolute Gasteiger partial charge is 0.219 e. The molecule has 6 rings (SSSR count). The SMILES string of the molecule is Cc1nc(C)nc(-c2ccc(-c3ccc(-c4ccc5cc(-c6ccc(C#N)cc6)ccc5c4)cc3)cc2)n1. The normalized spacial score (nSPS) is 10.9. The monoisotopic (exact) mass is 488 g/mol. The summed E-state index contributed by atoms with van der Waals surface area (Å²) in [5.41, 5.74) is 8.59. The predicted octanol–water partition coefficient (Wildman–Crippen LogP) is 8.18. The van der Waals surface area contributed by atoms with E-state index in [2.05, 4.69) is 106 Å². The minimum Gasteiger partial charge on any atom is -0.219 e. The Kier molecular flexibility index (Phi) is 5.95. The number of benzene rings is 5. The minimum absolute atomic E-state index is 0.673. The number of hydrogen-bond donors (Lipinski definition) is 0. The van der Waals surface area contributed by atoms with Gasteiger partial charge < -0.3 is 0 Å². The van der Waals surface area contributed by atoms with Gasteiger partial charge in [0.2, 0.25) is 0 Å². The highest BCUT2D eigenvalue weighted by atomic mass is 15.0. The summed E-state index contributed by atoms with van der Waals surface area (Å²) >= 11 is 0. The molecule has 0 atom stereocenters. The molecule has 0 fully saturated rings. The summed E-state index contributed by atoms with van der Waals surface area (Å²) in [6.45, 7) is 3.77. The van der Waals surface area contributed by atoms with E-state index < -0.39 is 0 Å². The maximum atomic E-state index is 9.04. The lowest BCUT2D eigenvalue weighted by atomic mass is 9.96. The van der Waals surface area contributed by atoms with Crippen molar-refractivity contribution in [3.8, 4) is 50.8 Å². The van der Waals surface area contributed by atoms with Crippen molar-refractivity contribution in [2.45, 2.75) is 13.8 Å². The Morgan fingerprint density at radius 1 is 0.447 bits per heavy atom. The molecule has 0 N–H and O–H groups in total. The number of aryl methyl sites for hydroxylation is 2. The number of nitriles is 1. The molecule has 0 unspecified atom stereocenters. The summed E-state index contributed by atoms with van der Waals surface area (Å²) in [6, 6.07) is 40.0. The number of fused-ring (bicyclic) bond motifs is 1. The lowest BCUT2D eigenvalue weighted by Crippen LogP contribution is -1.98. The molecule has 0 bridgehead atoms. The van der Waals surface area contributed by atoms with Gasteiger partial charge >= 0.3 is 0 Å². The Balaban J connectivity index is 1.23. The van der Waals surface area contributed by atoms with E-state index in [0.717, 1.165) is 39.5 Å². The quantitative estimate of drug-likeness (QED) is 0.251. The number of nitrogens with zero attached hydrogens (tertiary/aromatic N) is 4. The zero-order valence-electron chi connectivity index (χ0n) is 21.2. The molecule has 4 heteroatoms. The molecular formula is C34H24N4. The third kappa shape index (κ3) is 4.66. The van der Waals surface area contributed by atoms with Gasteiger partial charge in [-0.3, -0.25) is 0 Å². The molecule has 6 aromatic rings. The molecule has 180 valence electrons. The van der Waals surface area contributed by atoms with Crippen molar-refractivity contribution in [1.82, 2.24) is 15.0 Å². The Morgan fingerprint density at radius 2 is 0.816 bits per heavy atom. The molecule has 0 radical (unpaired) electrons. The van der Waals surface area contributed by atoms with Crippen LogP contribution in [0, 0.1) is 25.2 Å². The van der Waals surface area contributed by atoms with Gasteiger partial charge in [-0.1, -0.05) is 84.9 Å². The van der Waals surface area contributed by atoms with E-state index in [0.29, 0.717) is 11.4 Å². The Bertz CT molecular complexity index is 1790. The first kappa shape index (κ1) is 23.3. The Hall–Kier alpha value is -5.14. The van der Waals surface area contributed by atoms with Crippen LogP contribution in [0.15, 0.2) is 109 Å². The van der Waals surface area contributed by atoms with Crippen molar-refractivity contribution < 1.29 is 0 Å². The predicted molar refractivity (Wildman–Crippen MR) is 153 cm³/mol. The van der Waals surface area contributed by atoms with Crippen LogP contribution in [0.1, 0.15) is 17.2 Å². The average molecular weight is 489 g/mol. The third-order valence-corrected chi connectivity index (χ3v) is 6.74. The zero-order valence-corrected chi connectivity index (χ0v) is 21.2. The number of rotatable bonds is 4. The first-order valence-electron chi connectivity index (χ1n) is 12.5. The van der Waals surface area contributed by atoms with E-state index in [9.17, 15) is 0 Å². The van der Waals surface area contributed by atoms with Gasteiger partial charge in [0.25, 0.3) is 0 Å². The fraction of sp³-hybridized carbons (Fsp3) is 0.0588. The summed E-state index contributed by atoms with van der Waals surface area (Å²) in [7, 11) is 0. The van der Waals surface area contributed by atoms with Crippen LogP contribution < -0.4 is 0 Å². The fourth-order valence-corrected chi connectivity index (χ4v) is 4.75. The summed E-state index contributed by atoms with van der Waals surface area (Å²) in [4.78, 5) is 13.2. The second-order valence-electron chi connectivity index (χ2n) is 9.37. The van der Waals surface area contributed by atoms with E-state index in [1.165, 1.54) is 21.9 Å². The van der Waals surface area contributed by atoms with Crippen LogP contribution in [0.3, 0.4) is 0 Å². The molecular weight excluding hydrogens is 464 g/mol. The molecule has 5 aromatic carbocycles. The third-order valence-electron chi connectivity index (χ3n) is 6.74. The lowest BCUT2D eigenvalue weighted by molar-refractivity contribution is 0.928. The van der Waals surface area contributed by atoms with Crippen molar-refractivity contribution in [3.63, 3.8) is 0 Å². The van der Waals surface area contributed by atoms with Gasteiger partial charge in [-0.2, -0.15) is 5.26 Å². The molecule has 0 aliphatic carbocycles. The van der Waals surface area contributed by atoms with Gasteiger partial charge in [0.05, 0.1) is 11.6 Å². The molecule has 0 spiro atoms. The molecule has 0 saturated heterocycles. The second kappa shape index (κ2) is 9.72. The molecule has 0 aliphatic heterocycles. The number of aromatic nitrogens is 3. The summed E-state index contributed by atoms with van der Waals surface area (Å²) < 4.78 is 0. The topological polar surface area (TPSA) is 62.5 Å². The van der Waals surface area contributed by atoms with Gasteiger partial charge in [-0.25, -0.2) is 15.0 Å². The van der Waals surface area contributed by atoms with Gasteiger partial charge in [0, 0.05) is 5.56 Å². The van der Waals surface area contributed by atoms with E-state index >= 15 is 0 Å². The van der Waals surface area contributed by atoms with Gasteiger partial charge in [0.15, 0.2) is 5.82 Å². The maximum Gasteiger partial charge on any atom is 0.163 e. The van der Waals surface area contributed by atoms with E-state index in [1.807, 2.05) is 38.1 Å². The Morgan fingerprint density at radius 3 is 1.26 bits per heavy atom. The van der Waals surface area contributed by atoms with Crippen LogP contribution in [-0.4, -0.2) is 15.0 Å². The van der Waals surface area contributed by atoms with Crippen molar-refractivity contribution in [2.75, 3.05) is 0 Å². The van der Waals surface area contributed by atoms with Gasteiger partial charge in [-0.05, 0) is 82.3 Å². The molecule has 4 nitrogen and oxygen atoms in total. The molecule has 0 amide bonds. The van der Waals surface area contributed by atoms with E-state index in [-0.39, 0.29) is 0 Å². The lowest BCUT2D eigenvalue weighted by Gasteiger charge is -2.09. The van der Waals surface area contributed by atoms with Crippen LogP contribution in [0.4, 0.5) is 0 Å². The van der Waals surface area contributed by atoms with Crippen LogP contribution in [-0.2, 0) is 0 Å². The van der Waals surface area contributed by atoms with Crippen LogP contribution >= 0.6 is 0 Å². The van der Waals surface area contributed by atoms with Crippen molar-refractivity contribution in [1.29, 1.82) is 5.26 Å². The zero-order chi connectivity index (χ0) is 26.1. The standard InChI is InChI=1S/C34H24N4/c1-22-36-23(2)38-34(37-22)29-13-11-26(12-14-29)25-7-9-28(10-8-25)31-16-18-32-19-30(15-17-33(32)20-31)27-5-3-24(21-35)4-6-27/h3-20H,1-2H3. The first-order valence-corrected chi connectivity index (χ1v) is 12.5. The fourth-order valence-electron chi connectivity index (χ4n) is 4.75. The number of hydrogen-bond acceptors (Lipinski definition) is 4. The van der Waals surface area contributed by atoms with Crippen molar-refractivity contribution in [3.05, 3.63) is 126 Å². The second-order valence-corrected chi connectivity index (χ2v) is 9.37. The summed E-state index contributed by atoms with van der Waals surface area (Å²) in [5, 5.41) is 11.4. The Labute approximate surface area is 221 Å². The first-order chi connectivity index (χ1) is 18.6. The van der Waals surface area contributed by atoms with Crippen LogP contribution in [0.25, 0.3) is 55.5 Å². The highest BCUT2D eigenvalue weighted by Crippen LogP contribution is 2.30. The van der Waals surface area contributed by atoms with Crippen molar-refractivity contribution in [2.24, 2.45) is 0 Å². The average Bonchev–Trinajstić information content (AvgIpc) is 2.96. The highest BCUT2D eigenvalue weighted by Gasteiger charge is 2.07. The van der Waals surface area contributed by atoms with E-state index in [1.54, 1.807) is 0 Å². The molecule has 1 heterocycles. The van der Waals surface area contributed by atoms with Gasteiger partial charge in [-0.15, -0.1) is 0 Å². The smallest absolute Gasteiger partial charge is 0.163 e. The van der Waals surface area contributed by atoms with Crippen LogP contribution in [0.2, 0.25) is 0 Å². The molecule has 0 saturated carbocycles. The van der Waals surface area contributed by atoms with Crippen molar-refractivity contribution >= 4 is 10.8 Å². The molecule has 38 heavy (non-hydrogen) atoms. The summed E-state index contributed by atoms with van der Waals surface area (Å²) in [6.07, 6.45) is 0. The maximum absolute atomic E-state index is 9.04. The van der Waals surface area contributed by atoms with E-state index in [4.69, 9.17) is 5.26 Å². The summed E-state index contributed by atoms with van der Waals surface area (Å²) in [5.74, 6) is 2.16. The van der Waals surface area contributed by atoms with Crippen LogP contribution in [0.5, 0.6) is 0 Å². The molecule has 1 aromatic heterocycles.